The molecular formula is C16H13ClN2O3S. The first-order valence-electron chi connectivity index (χ1n) is 6.85. The number of anilines is 2. The third-order valence-corrected chi connectivity index (χ3v) is 4.41. The van der Waals surface area contributed by atoms with Crippen molar-refractivity contribution in [3.05, 3.63) is 47.5 Å². The maximum atomic E-state index is 11.9. The monoisotopic (exact) mass is 348 g/mol. The van der Waals surface area contributed by atoms with E-state index in [1.165, 1.54) is 11.8 Å². The zero-order chi connectivity index (χ0) is 16.2. The second-order valence-electron chi connectivity index (χ2n) is 4.84. The summed E-state index contributed by atoms with van der Waals surface area (Å²) in [5.74, 6) is 0.651. The number of rotatable bonds is 4. The standard InChI is InChI=1S/C16H13ClN2O3S/c17-10-1-4-12(5-2-10)22-8-15(20)18-11-3-6-14-13(7-11)19-16(21)9-23-14/h1-7H,8-9H2,(H,18,20)(H,19,21). The molecular weight excluding hydrogens is 336 g/mol. The van der Waals surface area contributed by atoms with Crippen LogP contribution in [0.5, 0.6) is 5.75 Å². The van der Waals surface area contributed by atoms with Gasteiger partial charge in [-0.1, -0.05) is 11.6 Å². The highest BCUT2D eigenvalue weighted by atomic mass is 35.5. The number of ether oxygens (including phenoxy) is 1. The minimum atomic E-state index is -0.283. The van der Waals surface area contributed by atoms with E-state index in [-0.39, 0.29) is 18.4 Å². The van der Waals surface area contributed by atoms with Crippen LogP contribution in [0.15, 0.2) is 47.4 Å². The molecule has 0 aromatic heterocycles. The van der Waals surface area contributed by atoms with Gasteiger partial charge in [-0.15, -0.1) is 11.8 Å². The molecule has 0 saturated heterocycles. The van der Waals surface area contributed by atoms with Crippen LogP contribution in [0.25, 0.3) is 0 Å². The lowest BCUT2D eigenvalue weighted by atomic mass is 10.2. The van der Waals surface area contributed by atoms with Crippen molar-refractivity contribution in [1.29, 1.82) is 0 Å². The molecule has 1 heterocycles. The number of benzene rings is 2. The number of fused-ring (bicyclic) bond motifs is 1. The van der Waals surface area contributed by atoms with Crippen molar-refractivity contribution in [2.45, 2.75) is 4.90 Å². The average molecular weight is 349 g/mol. The predicted molar refractivity (Wildman–Crippen MR) is 91.4 cm³/mol. The second kappa shape index (κ2) is 6.93. The number of hydrogen-bond acceptors (Lipinski definition) is 4. The van der Waals surface area contributed by atoms with E-state index in [1.807, 2.05) is 6.07 Å². The van der Waals surface area contributed by atoms with Gasteiger partial charge in [-0.25, -0.2) is 0 Å². The molecule has 0 atom stereocenters. The van der Waals surface area contributed by atoms with Crippen molar-refractivity contribution in [3.63, 3.8) is 0 Å². The topological polar surface area (TPSA) is 67.4 Å². The van der Waals surface area contributed by atoms with Gasteiger partial charge in [0.15, 0.2) is 6.61 Å². The van der Waals surface area contributed by atoms with Crippen LogP contribution in [0.1, 0.15) is 0 Å². The van der Waals surface area contributed by atoms with Gasteiger partial charge in [0.2, 0.25) is 5.91 Å². The number of carbonyl (C=O) groups excluding carboxylic acids is 2. The number of nitrogens with one attached hydrogen (secondary N) is 2. The summed E-state index contributed by atoms with van der Waals surface area (Å²) in [6.45, 7) is -0.111. The average Bonchev–Trinajstić information content (AvgIpc) is 2.54. The summed E-state index contributed by atoms with van der Waals surface area (Å²) < 4.78 is 5.38. The Labute approximate surface area is 142 Å². The lowest BCUT2D eigenvalue weighted by molar-refractivity contribution is -0.118. The zero-order valence-electron chi connectivity index (χ0n) is 12.0. The number of hydrogen-bond donors (Lipinski definition) is 2. The van der Waals surface area contributed by atoms with Gasteiger partial charge >= 0.3 is 0 Å². The number of carbonyl (C=O) groups is 2. The molecule has 0 spiro atoms. The lowest BCUT2D eigenvalue weighted by Gasteiger charge is -2.17. The SMILES string of the molecule is O=C(COc1ccc(Cl)cc1)Nc1ccc2c(c1)NC(=O)CS2. The largest absolute Gasteiger partial charge is 0.484 e. The predicted octanol–water partition coefficient (Wildman–Crippen LogP) is 3.40. The van der Waals surface area contributed by atoms with Gasteiger partial charge in [0, 0.05) is 15.6 Å². The fraction of sp³-hybridized carbons (Fsp3) is 0.125. The Balaban J connectivity index is 1.58. The second-order valence-corrected chi connectivity index (χ2v) is 6.29. The first kappa shape index (κ1) is 15.7. The molecule has 0 aliphatic carbocycles. The molecule has 0 fully saturated rings. The van der Waals surface area contributed by atoms with E-state index in [9.17, 15) is 9.59 Å². The Bertz CT molecular complexity index is 749. The van der Waals surface area contributed by atoms with E-state index < -0.39 is 0 Å². The van der Waals surface area contributed by atoms with E-state index in [0.29, 0.717) is 27.9 Å². The Morgan fingerprint density at radius 3 is 2.83 bits per heavy atom. The first-order valence-corrected chi connectivity index (χ1v) is 8.21. The molecule has 23 heavy (non-hydrogen) atoms. The molecule has 3 rings (SSSR count). The Kier molecular flexibility index (Phi) is 4.73. The van der Waals surface area contributed by atoms with Crippen molar-refractivity contribution in [2.75, 3.05) is 23.0 Å². The quantitative estimate of drug-likeness (QED) is 0.888. The fourth-order valence-corrected chi connectivity index (χ4v) is 2.95. The third-order valence-electron chi connectivity index (χ3n) is 3.08. The highest BCUT2D eigenvalue weighted by molar-refractivity contribution is 8.00. The summed E-state index contributed by atoms with van der Waals surface area (Å²) >= 11 is 7.26. The molecule has 1 aliphatic heterocycles. The molecule has 2 N–H and O–H groups in total. The van der Waals surface area contributed by atoms with Crippen LogP contribution in [-0.2, 0) is 9.59 Å². The Morgan fingerprint density at radius 2 is 2.04 bits per heavy atom. The zero-order valence-corrected chi connectivity index (χ0v) is 13.5. The summed E-state index contributed by atoms with van der Waals surface area (Å²) in [7, 11) is 0. The van der Waals surface area contributed by atoms with Crippen LogP contribution < -0.4 is 15.4 Å². The van der Waals surface area contributed by atoms with Gasteiger partial charge in [0.25, 0.3) is 5.91 Å². The van der Waals surface area contributed by atoms with Crippen LogP contribution >= 0.6 is 23.4 Å². The highest BCUT2D eigenvalue weighted by Crippen LogP contribution is 2.33. The number of thioether (sulfide) groups is 1. The molecule has 2 aromatic rings. The molecule has 2 amide bonds. The van der Waals surface area contributed by atoms with E-state index in [1.54, 1.807) is 36.4 Å². The molecule has 5 nitrogen and oxygen atoms in total. The summed E-state index contributed by atoms with van der Waals surface area (Å²) in [6.07, 6.45) is 0. The van der Waals surface area contributed by atoms with Gasteiger partial charge in [-0.05, 0) is 42.5 Å². The molecule has 0 bridgehead atoms. The first-order chi connectivity index (χ1) is 11.1. The van der Waals surface area contributed by atoms with Gasteiger partial charge in [-0.3, -0.25) is 9.59 Å². The summed E-state index contributed by atoms with van der Waals surface area (Å²) in [5.41, 5.74) is 1.32. The molecule has 2 aromatic carbocycles. The minimum absolute atomic E-state index is 0.0444. The van der Waals surface area contributed by atoms with Crippen LogP contribution in [-0.4, -0.2) is 24.2 Å². The Morgan fingerprint density at radius 1 is 1.26 bits per heavy atom. The molecule has 0 unspecified atom stereocenters. The fourth-order valence-electron chi connectivity index (χ4n) is 2.04. The van der Waals surface area contributed by atoms with Crippen molar-refractivity contribution in [3.8, 4) is 5.75 Å². The van der Waals surface area contributed by atoms with E-state index in [4.69, 9.17) is 16.3 Å². The summed E-state index contributed by atoms with van der Waals surface area (Å²) in [4.78, 5) is 24.3. The maximum Gasteiger partial charge on any atom is 0.262 e. The van der Waals surface area contributed by atoms with E-state index in [0.717, 1.165) is 4.90 Å². The maximum absolute atomic E-state index is 11.9. The van der Waals surface area contributed by atoms with Crippen LogP contribution in [0, 0.1) is 0 Å². The Hall–Kier alpha value is -2.18. The summed E-state index contributed by atoms with van der Waals surface area (Å²) in [5, 5.41) is 6.13. The normalized spacial score (nSPS) is 13.0. The van der Waals surface area contributed by atoms with Crippen molar-refractivity contribution < 1.29 is 14.3 Å². The van der Waals surface area contributed by atoms with Crippen LogP contribution in [0.2, 0.25) is 5.02 Å². The van der Waals surface area contributed by atoms with E-state index >= 15 is 0 Å². The number of amides is 2. The lowest BCUT2D eigenvalue weighted by Crippen LogP contribution is -2.21. The minimum Gasteiger partial charge on any atom is -0.484 e. The van der Waals surface area contributed by atoms with Crippen molar-refractivity contribution >= 4 is 46.6 Å². The molecule has 118 valence electrons. The molecule has 0 saturated carbocycles. The molecule has 7 heteroatoms. The smallest absolute Gasteiger partial charge is 0.262 e. The summed E-state index contributed by atoms with van der Waals surface area (Å²) in [6, 6.07) is 12.2. The highest BCUT2D eigenvalue weighted by Gasteiger charge is 2.16. The third kappa shape index (κ3) is 4.18. The number of halogens is 1. The van der Waals surface area contributed by atoms with Crippen molar-refractivity contribution in [2.24, 2.45) is 0 Å². The van der Waals surface area contributed by atoms with Gasteiger partial charge < -0.3 is 15.4 Å². The van der Waals surface area contributed by atoms with Crippen LogP contribution in [0.3, 0.4) is 0 Å². The van der Waals surface area contributed by atoms with Crippen molar-refractivity contribution in [1.82, 2.24) is 0 Å². The van der Waals surface area contributed by atoms with Gasteiger partial charge in [0.05, 0.1) is 11.4 Å². The van der Waals surface area contributed by atoms with Gasteiger partial charge in [-0.2, -0.15) is 0 Å². The molecule has 1 aliphatic rings. The van der Waals surface area contributed by atoms with E-state index in [2.05, 4.69) is 10.6 Å². The molecule has 0 radical (unpaired) electrons. The van der Waals surface area contributed by atoms with Gasteiger partial charge in [0.1, 0.15) is 5.75 Å². The van der Waals surface area contributed by atoms with Crippen LogP contribution in [0.4, 0.5) is 11.4 Å².